The molecule has 0 aromatic heterocycles. The van der Waals surface area contributed by atoms with Gasteiger partial charge in [-0.2, -0.15) is 0 Å². The van der Waals surface area contributed by atoms with E-state index in [0.29, 0.717) is 24.0 Å². The number of hydrogen-bond donors (Lipinski definition) is 4. The molecule has 0 aromatic rings. The van der Waals surface area contributed by atoms with Crippen LogP contribution in [0.1, 0.15) is 0 Å². The Balaban J connectivity index is 2.70. The van der Waals surface area contributed by atoms with E-state index in [4.69, 9.17) is 17.2 Å². The highest BCUT2D eigenvalue weighted by Gasteiger charge is 2.04. The van der Waals surface area contributed by atoms with Crippen molar-refractivity contribution in [1.82, 2.24) is 5.32 Å². The summed E-state index contributed by atoms with van der Waals surface area (Å²) in [7, 11) is 0. The Kier molecular flexibility index (Phi) is 1.18. The molecule has 0 aromatic carbocycles. The molecule has 0 atom stereocenters. The molecule has 0 bridgehead atoms. The Morgan fingerprint density at radius 1 is 1.33 bits per heavy atom. The van der Waals surface area contributed by atoms with Gasteiger partial charge < -0.3 is 22.5 Å². The highest BCUT2D eigenvalue weighted by Crippen LogP contribution is 1.92. The number of nitrogens with zero attached hydrogens (tertiary/aromatic N) is 1. The summed E-state index contributed by atoms with van der Waals surface area (Å²) in [6.45, 7) is 0.394. The quantitative estimate of drug-likeness (QED) is 0.302. The molecule has 0 fully saturated rings. The molecule has 0 saturated carbocycles. The molecule has 7 N–H and O–H groups in total. The third-order valence-electron chi connectivity index (χ3n) is 1.03. The fraction of sp³-hybridized carbons (Fsp3) is 0.250. The van der Waals surface area contributed by atoms with Gasteiger partial charge in [0.15, 0.2) is 5.96 Å². The van der Waals surface area contributed by atoms with Crippen molar-refractivity contribution >= 4 is 5.96 Å². The van der Waals surface area contributed by atoms with Crippen molar-refractivity contribution in [1.29, 1.82) is 0 Å². The molecule has 1 aliphatic heterocycles. The predicted octanol–water partition coefficient (Wildman–Crippen LogP) is -2.01. The molecule has 0 radical (unpaired) electrons. The van der Waals surface area contributed by atoms with E-state index in [1.54, 1.807) is 0 Å². The highest BCUT2D eigenvalue weighted by molar-refractivity contribution is 5.80. The molecule has 9 heavy (non-hydrogen) atoms. The van der Waals surface area contributed by atoms with E-state index in [1.165, 1.54) is 0 Å². The lowest BCUT2D eigenvalue weighted by molar-refractivity contribution is 0.909. The molecule has 0 aliphatic carbocycles. The molecule has 1 aliphatic rings. The van der Waals surface area contributed by atoms with Crippen molar-refractivity contribution in [3.05, 3.63) is 11.5 Å². The normalized spacial score (nSPS) is 18.9. The summed E-state index contributed by atoms with van der Waals surface area (Å²) in [5.41, 5.74) is 16.5. The Morgan fingerprint density at radius 2 is 2.00 bits per heavy atom. The summed E-state index contributed by atoms with van der Waals surface area (Å²) in [6.07, 6.45) is 0. The van der Waals surface area contributed by atoms with Crippen LogP contribution in [0, 0.1) is 0 Å². The van der Waals surface area contributed by atoms with E-state index >= 15 is 0 Å². The van der Waals surface area contributed by atoms with Crippen molar-refractivity contribution in [3.63, 3.8) is 0 Å². The molecular formula is C4H9N5. The van der Waals surface area contributed by atoms with Crippen LogP contribution in [0.4, 0.5) is 0 Å². The predicted molar refractivity (Wildman–Crippen MR) is 35.0 cm³/mol. The van der Waals surface area contributed by atoms with Crippen LogP contribution in [0.25, 0.3) is 0 Å². The van der Waals surface area contributed by atoms with Gasteiger partial charge in [-0.25, -0.2) is 4.99 Å². The summed E-state index contributed by atoms with van der Waals surface area (Å²) in [6, 6.07) is 0. The lowest BCUT2D eigenvalue weighted by Gasteiger charge is -2.12. The minimum Gasteiger partial charge on any atom is -0.398 e. The highest BCUT2D eigenvalue weighted by atomic mass is 15.2. The van der Waals surface area contributed by atoms with Gasteiger partial charge in [0.1, 0.15) is 5.82 Å². The van der Waals surface area contributed by atoms with Crippen LogP contribution in [0.15, 0.2) is 16.5 Å². The second-order valence-corrected chi connectivity index (χ2v) is 1.77. The molecule has 1 rings (SSSR count). The van der Waals surface area contributed by atoms with Crippen LogP contribution in [0.2, 0.25) is 0 Å². The van der Waals surface area contributed by atoms with Crippen LogP contribution in [-0.2, 0) is 0 Å². The average molecular weight is 127 g/mol. The third-order valence-corrected chi connectivity index (χ3v) is 1.03. The first kappa shape index (κ1) is 5.74. The van der Waals surface area contributed by atoms with Crippen LogP contribution < -0.4 is 22.5 Å². The monoisotopic (exact) mass is 127 g/mol. The molecule has 50 valence electrons. The van der Waals surface area contributed by atoms with E-state index in [2.05, 4.69) is 10.3 Å². The number of guanidine groups is 1. The van der Waals surface area contributed by atoms with E-state index < -0.39 is 0 Å². The molecule has 0 unspecified atom stereocenters. The van der Waals surface area contributed by atoms with Crippen molar-refractivity contribution in [2.75, 3.05) is 6.54 Å². The summed E-state index contributed by atoms with van der Waals surface area (Å²) in [4.78, 5) is 3.78. The minimum atomic E-state index is 0.321. The Morgan fingerprint density at radius 3 is 2.44 bits per heavy atom. The second-order valence-electron chi connectivity index (χ2n) is 1.77. The van der Waals surface area contributed by atoms with Gasteiger partial charge in [-0.3, -0.25) is 0 Å². The molecule has 0 saturated heterocycles. The molecule has 0 amide bonds. The largest absolute Gasteiger partial charge is 0.398 e. The molecule has 5 heteroatoms. The second kappa shape index (κ2) is 1.85. The SMILES string of the molecule is NC1=NCC(N)=C(N)N1. The van der Waals surface area contributed by atoms with E-state index in [0.717, 1.165) is 0 Å². The van der Waals surface area contributed by atoms with Crippen molar-refractivity contribution in [2.24, 2.45) is 22.2 Å². The van der Waals surface area contributed by atoms with Crippen LogP contribution in [0.5, 0.6) is 0 Å². The smallest absolute Gasteiger partial charge is 0.194 e. The maximum absolute atomic E-state index is 5.37. The van der Waals surface area contributed by atoms with Crippen molar-refractivity contribution in [3.8, 4) is 0 Å². The summed E-state index contributed by atoms with van der Waals surface area (Å²) in [5, 5.41) is 2.59. The zero-order valence-corrected chi connectivity index (χ0v) is 4.89. The van der Waals surface area contributed by atoms with Gasteiger partial charge in [0.05, 0.1) is 12.2 Å². The first-order valence-corrected chi connectivity index (χ1v) is 2.51. The van der Waals surface area contributed by atoms with Gasteiger partial charge in [-0.1, -0.05) is 0 Å². The standard InChI is InChI=1S/C4H9N5/c5-2-1-8-4(7)9-3(2)6/h1,5-6H2,(H3,7,8,9). The Hall–Kier alpha value is -1.39. The number of aliphatic imine (C=N–C) groups is 1. The Bertz CT molecular complexity index is 179. The first-order chi connectivity index (χ1) is 4.20. The first-order valence-electron chi connectivity index (χ1n) is 2.51. The zero-order chi connectivity index (χ0) is 6.85. The van der Waals surface area contributed by atoms with E-state index in [1.807, 2.05) is 0 Å². The van der Waals surface area contributed by atoms with Crippen LogP contribution in [0.3, 0.4) is 0 Å². The lowest BCUT2D eigenvalue weighted by Crippen LogP contribution is -2.40. The average Bonchev–Trinajstić information content (AvgIpc) is 1.80. The number of nitrogens with one attached hydrogen (secondary N) is 1. The minimum absolute atomic E-state index is 0.321. The van der Waals surface area contributed by atoms with Gasteiger partial charge >= 0.3 is 0 Å². The maximum atomic E-state index is 5.37. The van der Waals surface area contributed by atoms with Gasteiger partial charge in [0.25, 0.3) is 0 Å². The van der Waals surface area contributed by atoms with Crippen molar-refractivity contribution < 1.29 is 0 Å². The Labute approximate surface area is 52.6 Å². The van der Waals surface area contributed by atoms with Crippen LogP contribution >= 0.6 is 0 Å². The lowest BCUT2D eigenvalue weighted by atomic mass is 10.4. The van der Waals surface area contributed by atoms with Crippen molar-refractivity contribution in [2.45, 2.75) is 0 Å². The molecular weight excluding hydrogens is 118 g/mol. The van der Waals surface area contributed by atoms with Gasteiger partial charge in [0.2, 0.25) is 0 Å². The van der Waals surface area contributed by atoms with E-state index in [-0.39, 0.29) is 0 Å². The molecule has 5 nitrogen and oxygen atoms in total. The maximum Gasteiger partial charge on any atom is 0.194 e. The number of rotatable bonds is 0. The number of hydrogen-bond acceptors (Lipinski definition) is 5. The topological polar surface area (TPSA) is 102 Å². The summed E-state index contributed by atoms with van der Waals surface area (Å²) in [5.74, 6) is 0.726. The fourth-order valence-corrected chi connectivity index (χ4v) is 0.513. The molecule has 1 heterocycles. The summed E-state index contributed by atoms with van der Waals surface area (Å²) >= 11 is 0. The number of nitrogens with two attached hydrogens (primary N) is 3. The fourth-order valence-electron chi connectivity index (χ4n) is 0.513. The van der Waals surface area contributed by atoms with Gasteiger partial charge in [-0.15, -0.1) is 0 Å². The van der Waals surface area contributed by atoms with Gasteiger partial charge in [-0.05, 0) is 0 Å². The van der Waals surface area contributed by atoms with Gasteiger partial charge in [0, 0.05) is 0 Å². The zero-order valence-electron chi connectivity index (χ0n) is 4.89. The van der Waals surface area contributed by atoms with E-state index in [9.17, 15) is 0 Å². The van der Waals surface area contributed by atoms with Crippen LogP contribution in [-0.4, -0.2) is 12.5 Å². The summed E-state index contributed by atoms with van der Waals surface area (Å²) < 4.78 is 0. The third kappa shape index (κ3) is 1.04. The molecule has 0 spiro atoms.